The second kappa shape index (κ2) is 5.70. The van der Waals surface area contributed by atoms with Gasteiger partial charge in [-0.2, -0.15) is 16.4 Å². The first-order valence-electron chi connectivity index (χ1n) is 5.14. The van der Waals surface area contributed by atoms with Gasteiger partial charge in [0.25, 0.3) is 0 Å². The van der Waals surface area contributed by atoms with Gasteiger partial charge in [-0.1, -0.05) is 12.2 Å². The van der Waals surface area contributed by atoms with Gasteiger partial charge in [0.05, 0.1) is 11.8 Å². The summed E-state index contributed by atoms with van der Waals surface area (Å²) in [4.78, 5) is 0.331. The molecule has 3 N–H and O–H groups in total. The molecule has 0 aliphatic carbocycles. The summed E-state index contributed by atoms with van der Waals surface area (Å²) >= 11 is 6.65. The van der Waals surface area contributed by atoms with Gasteiger partial charge in [-0.05, 0) is 34.9 Å². The zero-order chi connectivity index (χ0) is 12.1. The molecule has 0 unspecified atom stereocenters. The molecule has 0 saturated carbocycles. The molecule has 0 spiro atoms. The minimum atomic E-state index is 0.331. The Bertz CT molecular complexity index is 496. The normalized spacial score (nSPS) is 10.1. The van der Waals surface area contributed by atoms with Gasteiger partial charge in [-0.15, -0.1) is 5.10 Å². The van der Waals surface area contributed by atoms with Gasteiger partial charge in [-0.25, -0.2) is 0 Å². The Balaban J connectivity index is 1.97. The van der Waals surface area contributed by atoms with Crippen molar-refractivity contribution in [2.24, 2.45) is 5.73 Å². The molecule has 0 bridgehead atoms. The molecule has 0 radical (unpaired) electrons. The molecular weight excluding hydrogens is 252 g/mol. The molecule has 0 aromatic carbocycles. The van der Waals surface area contributed by atoms with Crippen molar-refractivity contribution >= 4 is 34.4 Å². The smallest absolute Gasteiger partial charge is 0.158 e. The van der Waals surface area contributed by atoms with E-state index in [2.05, 4.69) is 32.3 Å². The predicted molar refractivity (Wildman–Crippen MR) is 74.4 cm³/mol. The third kappa shape index (κ3) is 3.21. The lowest BCUT2D eigenvalue weighted by molar-refractivity contribution is 0.967. The molecule has 4 nitrogen and oxygen atoms in total. The average Bonchev–Trinajstić information content (AvgIpc) is 2.82. The highest BCUT2D eigenvalue weighted by Gasteiger charge is 2.05. The average molecular weight is 264 g/mol. The van der Waals surface area contributed by atoms with Crippen LogP contribution in [0.15, 0.2) is 29.1 Å². The Morgan fingerprint density at radius 2 is 2.35 bits per heavy atom. The summed E-state index contributed by atoms with van der Waals surface area (Å²) in [7, 11) is 0. The van der Waals surface area contributed by atoms with E-state index in [9.17, 15) is 0 Å². The minimum absolute atomic E-state index is 0.331. The van der Waals surface area contributed by atoms with Crippen LogP contribution in [0, 0.1) is 0 Å². The highest BCUT2D eigenvalue weighted by Crippen LogP contribution is 2.11. The monoisotopic (exact) mass is 264 g/mol. The molecule has 88 valence electrons. The van der Waals surface area contributed by atoms with E-state index in [0.29, 0.717) is 10.8 Å². The van der Waals surface area contributed by atoms with E-state index < -0.39 is 0 Å². The molecule has 2 rings (SSSR count). The van der Waals surface area contributed by atoms with Gasteiger partial charge >= 0.3 is 0 Å². The fourth-order valence-electron chi connectivity index (χ4n) is 1.42. The van der Waals surface area contributed by atoms with Crippen molar-refractivity contribution < 1.29 is 0 Å². The zero-order valence-electron chi connectivity index (χ0n) is 9.09. The van der Waals surface area contributed by atoms with Gasteiger partial charge in [0.2, 0.25) is 0 Å². The van der Waals surface area contributed by atoms with Crippen molar-refractivity contribution in [2.75, 3.05) is 11.9 Å². The molecule has 2 heterocycles. The number of thiophene rings is 1. The first-order chi connectivity index (χ1) is 8.27. The van der Waals surface area contributed by atoms with Crippen LogP contribution in [0.3, 0.4) is 0 Å². The Hall–Kier alpha value is -1.53. The SMILES string of the molecule is NC(=S)c1ccnnc1NCCc1ccsc1. The van der Waals surface area contributed by atoms with E-state index in [1.165, 1.54) is 5.56 Å². The maximum atomic E-state index is 5.61. The molecular formula is C11H12N4S2. The summed E-state index contributed by atoms with van der Waals surface area (Å²) in [5, 5.41) is 15.2. The minimum Gasteiger partial charge on any atom is -0.389 e. The van der Waals surface area contributed by atoms with Gasteiger partial charge < -0.3 is 11.1 Å². The fraction of sp³-hybridized carbons (Fsp3) is 0.182. The molecule has 17 heavy (non-hydrogen) atoms. The maximum absolute atomic E-state index is 5.61. The van der Waals surface area contributed by atoms with Crippen molar-refractivity contribution in [1.29, 1.82) is 0 Å². The van der Waals surface area contributed by atoms with Crippen molar-refractivity contribution in [3.63, 3.8) is 0 Å². The van der Waals surface area contributed by atoms with Crippen molar-refractivity contribution in [1.82, 2.24) is 10.2 Å². The third-order valence-corrected chi connectivity index (χ3v) is 3.22. The lowest BCUT2D eigenvalue weighted by atomic mass is 10.2. The molecule has 0 saturated heterocycles. The topological polar surface area (TPSA) is 63.8 Å². The van der Waals surface area contributed by atoms with E-state index in [1.54, 1.807) is 23.6 Å². The number of nitrogens with zero attached hydrogens (tertiary/aromatic N) is 2. The number of aromatic nitrogens is 2. The van der Waals surface area contributed by atoms with Crippen molar-refractivity contribution in [3.05, 3.63) is 40.2 Å². The molecule has 2 aromatic heterocycles. The van der Waals surface area contributed by atoms with Gasteiger partial charge in [-0.3, -0.25) is 0 Å². The van der Waals surface area contributed by atoms with Crippen LogP contribution in [0.2, 0.25) is 0 Å². The van der Waals surface area contributed by atoms with Crippen LogP contribution in [-0.2, 0) is 6.42 Å². The Morgan fingerprint density at radius 3 is 3.06 bits per heavy atom. The third-order valence-electron chi connectivity index (χ3n) is 2.27. The van der Waals surface area contributed by atoms with Crippen LogP contribution >= 0.6 is 23.6 Å². The largest absolute Gasteiger partial charge is 0.389 e. The lowest BCUT2D eigenvalue weighted by Gasteiger charge is -2.08. The number of nitrogens with two attached hydrogens (primary N) is 1. The van der Waals surface area contributed by atoms with Gasteiger partial charge in [0.1, 0.15) is 4.99 Å². The van der Waals surface area contributed by atoms with Crippen molar-refractivity contribution in [2.45, 2.75) is 6.42 Å². The first-order valence-corrected chi connectivity index (χ1v) is 6.49. The summed E-state index contributed by atoms with van der Waals surface area (Å²) in [6.07, 6.45) is 2.52. The molecule has 6 heteroatoms. The quantitative estimate of drug-likeness (QED) is 0.807. The van der Waals surface area contributed by atoms with Crippen LogP contribution < -0.4 is 11.1 Å². The van der Waals surface area contributed by atoms with E-state index in [-0.39, 0.29) is 0 Å². The Kier molecular flexibility index (Phi) is 4.00. The van der Waals surface area contributed by atoms with Crippen LogP contribution in [0.25, 0.3) is 0 Å². The van der Waals surface area contributed by atoms with Gasteiger partial charge in [0.15, 0.2) is 5.82 Å². The number of thiocarbonyl (C=S) groups is 1. The van der Waals surface area contributed by atoms with E-state index in [4.69, 9.17) is 18.0 Å². The predicted octanol–water partition coefficient (Wildman–Crippen LogP) is 1.83. The van der Waals surface area contributed by atoms with Crippen LogP contribution in [0.1, 0.15) is 11.1 Å². The first kappa shape index (κ1) is 11.9. The molecule has 0 amide bonds. The summed E-state index contributed by atoms with van der Waals surface area (Å²) in [5.74, 6) is 0.648. The molecule has 0 fully saturated rings. The van der Waals surface area contributed by atoms with Crippen molar-refractivity contribution in [3.8, 4) is 0 Å². The Morgan fingerprint density at radius 1 is 1.47 bits per heavy atom. The number of hydrogen-bond donors (Lipinski definition) is 2. The standard InChI is InChI=1S/C11H12N4S2/c12-10(16)9-2-5-14-15-11(9)13-4-1-8-3-6-17-7-8/h2-3,5-7H,1,4H2,(H2,12,16)(H,13,15). The number of anilines is 1. The summed E-state index contributed by atoms with van der Waals surface area (Å²) < 4.78 is 0. The summed E-state index contributed by atoms with van der Waals surface area (Å²) in [6.45, 7) is 0.783. The van der Waals surface area contributed by atoms with E-state index in [0.717, 1.165) is 18.5 Å². The molecule has 0 atom stereocenters. The van der Waals surface area contributed by atoms with E-state index >= 15 is 0 Å². The Labute approximate surface area is 109 Å². The maximum Gasteiger partial charge on any atom is 0.158 e. The highest BCUT2D eigenvalue weighted by atomic mass is 32.1. The van der Waals surface area contributed by atoms with Gasteiger partial charge in [0, 0.05) is 6.54 Å². The second-order valence-electron chi connectivity index (χ2n) is 3.47. The number of nitrogens with one attached hydrogen (secondary N) is 1. The number of rotatable bonds is 5. The molecule has 0 aliphatic rings. The molecule has 2 aromatic rings. The summed E-state index contributed by atoms with van der Waals surface area (Å²) in [6, 6.07) is 3.87. The fourth-order valence-corrected chi connectivity index (χ4v) is 2.29. The number of hydrogen-bond acceptors (Lipinski definition) is 5. The van der Waals surface area contributed by atoms with Crippen LogP contribution in [-0.4, -0.2) is 21.7 Å². The zero-order valence-corrected chi connectivity index (χ0v) is 10.7. The highest BCUT2D eigenvalue weighted by molar-refractivity contribution is 7.80. The lowest BCUT2D eigenvalue weighted by Crippen LogP contribution is -2.16. The second-order valence-corrected chi connectivity index (χ2v) is 4.69. The van der Waals surface area contributed by atoms with Crippen LogP contribution in [0.4, 0.5) is 5.82 Å². The molecule has 0 aliphatic heterocycles. The van der Waals surface area contributed by atoms with Crippen LogP contribution in [0.5, 0.6) is 0 Å². The van der Waals surface area contributed by atoms with E-state index in [1.807, 2.05) is 0 Å². The summed E-state index contributed by atoms with van der Waals surface area (Å²) in [5.41, 5.74) is 7.65.